The molecule has 0 saturated heterocycles. The maximum Gasteiger partial charge on any atom is 0.379 e. The van der Waals surface area contributed by atoms with E-state index in [9.17, 15) is 9.36 Å². The first-order valence-corrected chi connectivity index (χ1v) is 8.42. The van der Waals surface area contributed by atoms with E-state index in [1.807, 2.05) is 13.0 Å². The normalized spacial score (nSPS) is 15.2. The van der Waals surface area contributed by atoms with Crippen LogP contribution in [-0.4, -0.2) is 24.8 Å². The molecule has 1 aromatic carbocycles. The number of carbonyl (C=O) groups excluding carboxylic acids is 1. The largest absolute Gasteiger partial charge is 0.464 e. The fourth-order valence-electron chi connectivity index (χ4n) is 1.58. The van der Waals surface area contributed by atoms with Crippen molar-refractivity contribution in [1.29, 1.82) is 0 Å². The number of ether oxygens (including phenoxy) is 1. The molecule has 5 nitrogen and oxygen atoms in total. The maximum absolute atomic E-state index is 12.6. The Labute approximate surface area is 119 Å². The lowest BCUT2D eigenvalue weighted by atomic mass is 10.3. The number of hydrogen-bond acceptors (Lipinski definition) is 5. The van der Waals surface area contributed by atoms with Gasteiger partial charge in [-0.3, -0.25) is 4.52 Å². The molecule has 0 N–H and O–H groups in total. The third-order valence-electron chi connectivity index (χ3n) is 2.42. The zero-order valence-corrected chi connectivity index (χ0v) is 13.0. The van der Waals surface area contributed by atoms with E-state index >= 15 is 0 Å². The van der Waals surface area contributed by atoms with Crippen LogP contribution in [0, 0.1) is 0 Å². The van der Waals surface area contributed by atoms with Crippen LogP contribution in [0.2, 0.25) is 0 Å². The molecule has 0 aliphatic carbocycles. The third kappa shape index (κ3) is 5.35. The van der Waals surface area contributed by atoms with Gasteiger partial charge in [0.2, 0.25) is 0 Å². The average Bonchev–Trinajstić information content (AvgIpc) is 2.40. The van der Waals surface area contributed by atoms with Crippen molar-refractivity contribution in [3.63, 3.8) is 0 Å². The molecule has 0 aliphatic rings. The van der Waals surface area contributed by atoms with Crippen molar-refractivity contribution in [3.8, 4) is 5.75 Å². The summed E-state index contributed by atoms with van der Waals surface area (Å²) in [6, 6.07) is 8.78. The van der Waals surface area contributed by atoms with E-state index in [2.05, 4.69) is 0 Å². The molecule has 0 aromatic heterocycles. The predicted octanol–water partition coefficient (Wildman–Crippen LogP) is 3.64. The van der Waals surface area contributed by atoms with Crippen molar-refractivity contribution in [2.75, 3.05) is 12.8 Å². The van der Waals surface area contributed by atoms with Crippen LogP contribution in [0.5, 0.6) is 5.75 Å². The van der Waals surface area contributed by atoms with E-state index in [1.54, 1.807) is 31.2 Å². The molecular formula is C14H21O5P. The monoisotopic (exact) mass is 300 g/mol. The smallest absolute Gasteiger partial charge is 0.379 e. The average molecular weight is 300 g/mol. The lowest BCUT2D eigenvalue weighted by Crippen LogP contribution is -2.23. The lowest BCUT2D eigenvalue weighted by Gasteiger charge is -2.21. The summed E-state index contributed by atoms with van der Waals surface area (Å²) >= 11 is 0. The number of rotatable bonds is 8. The Morgan fingerprint density at radius 2 is 1.90 bits per heavy atom. The molecule has 0 amide bonds. The fourth-order valence-corrected chi connectivity index (χ4v) is 3.38. The summed E-state index contributed by atoms with van der Waals surface area (Å²) in [5.74, 6) is -0.0826. The van der Waals surface area contributed by atoms with E-state index < -0.39 is 19.7 Å². The van der Waals surface area contributed by atoms with Gasteiger partial charge in [-0.25, -0.2) is 9.36 Å². The Bertz CT molecular complexity index is 460. The molecule has 0 fully saturated rings. The van der Waals surface area contributed by atoms with Crippen molar-refractivity contribution in [2.24, 2.45) is 0 Å². The molecular weight excluding hydrogens is 279 g/mol. The van der Waals surface area contributed by atoms with Gasteiger partial charge in [0.05, 0.1) is 12.8 Å². The second-order valence-electron chi connectivity index (χ2n) is 4.24. The van der Waals surface area contributed by atoms with Gasteiger partial charge in [-0.05, 0) is 32.4 Å². The molecule has 2 atom stereocenters. The minimum atomic E-state index is -3.38. The lowest BCUT2D eigenvalue weighted by molar-refractivity contribution is -0.150. The van der Waals surface area contributed by atoms with Crippen LogP contribution >= 0.6 is 7.60 Å². The summed E-state index contributed by atoms with van der Waals surface area (Å²) < 4.78 is 28.3. The van der Waals surface area contributed by atoms with Gasteiger partial charge in [-0.2, -0.15) is 0 Å². The summed E-state index contributed by atoms with van der Waals surface area (Å²) in [7, 11) is -3.38. The van der Waals surface area contributed by atoms with Gasteiger partial charge in [-0.1, -0.05) is 25.1 Å². The van der Waals surface area contributed by atoms with Crippen LogP contribution in [0.4, 0.5) is 0 Å². The highest BCUT2D eigenvalue weighted by atomic mass is 31.2. The van der Waals surface area contributed by atoms with Gasteiger partial charge in [0.15, 0.2) is 6.10 Å². The fraction of sp³-hybridized carbons (Fsp3) is 0.500. The Hall–Kier alpha value is -1.32. The minimum absolute atomic E-state index is 0.242. The second-order valence-corrected chi connectivity index (χ2v) is 6.30. The van der Waals surface area contributed by atoms with Crippen molar-refractivity contribution >= 4 is 13.6 Å². The van der Waals surface area contributed by atoms with Crippen LogP contribution in [-0.2, 0) is 18.6 Å². The van der Waals surface area contributed by atoms with Crippen LogP contribution in [0.25, 0.3) is 0 Å². The topological polar surface area (TPSA) is 61.8 Å². The maximum atomic E-state index is 12.6. The van der Waals surface area contributed by atoms with Crippen molar-refractivity contribution in [2.45, 2.75) is 33.3 Å². The van der Waals surface area contributed by atoms with Gasteiger partial charge < -0.3 is 9.26 Å². The van der Waals surface area contributed by atoms with Crippen molar-refractivity contribution in [1.82, 2.24) is 0 Å². The number of carbonyl (C=O) groups is 1. The van der Waals surface area contributed by atoms with E-state index in [1.165, 1.54) is 6.92 Å². The Kier molecular flexibility index (Phi) is 6.76. The van der Waals surface area contributed by atoms with Crippen LogP contribution in [0.1, 0.15) is 27.2 Å². The van der Waals surface area contributed by atoms with Crippen molar-refractivity contribution in [3.05, 3.63) is 30.3 Å². The Balaban J connectivity index is 2.76. The van der Waals surface area contributed by atoms with Gasteiger partial charge in [0, 0.05) is 0 Å². The summed E-state index contributed by atoms with van der Waals surface area (Å²) in [6.07, 6.45) is -0.0540. The zero-order chi connectivity index (χ0) is 15.0. The highest BCUT2D eigenvalue weighted by Crippen LogP contribution is 2.49. The number of para-hydroxylation sites is 1. The molecule has 1 rings (SSSR count). The van der Waals surface area contributed by atoms with Gasteiger partial charge in [0.25, 0.3) is 0 Å². The number of esters is 1. The van der Waals surface area contributed by atoms with Crippen molar-refractivity contribution < 1.29 is 23.1 Å². The molecule has 2 unspecified atom stereocenters. The van der Waals surface area contributed by atoms with Gasteiger partial charge in [-0.15, -0.1) is 0 Å². The molecule has 6 heteroatoms. The molecule has 112 valence electrons. The third-order valence-corrected chi connectivity index (χ3v) is 4.54. The van der Waals surface area contributed by atoms with Crippen LogP contribution < -0.4 is 4.52 Å². The quantitative estimate of drug-likeness (QED) is 0.542. The first kappa shape index (κ1) is 16.7. The van der Waals surface area contributed by atoms with E-state index in [-0.39, 0.29) is 12.8 Å². The first-order chi connectivity index (χ1) is 9.50. The summed E-state index contributed by atoms with van der Waals surface area (Å²) in [5, 5.41) is 0. The number of benzene rings is 1. The molecule has 1 aromatic rings. The van der Waals surface area contributed by atoms with Gasteiger partial charge >= 0.3 is 13.6 Å². The SMILES string of the molecule is CCCP(=O)(Oc1ccccc1)OC(C)C(=O)OCC. The Morgan fingerprint density at radius 3 is 2.45 bits per heavy atom. The molecule has 0 bridgehead atoms. The number of hydrogen-bond donors (Lipinski definition) is 0. The standard InChI is InChI=1S/C14H21O5P/c1-4-11-20(16,18-12(3)14(15)17-5-2)19-13-9-7-6-8-10-13/h6-10,12H,4-5,11H2,1-3H3. The van der Waals surface area contributed by atoms with E-state index in [0.717, 1.165) is 0 Å². The summed E-state index contributed by atoms with van der Waals surface area (Å²) in [6.45, 7) is 5.34. The first-order valence-electron chi connectivity index (χ1n) is 6.69. The van der Waals surface area contributed by atoms with E-state index in [0.29, 0.717) is 12.2 Å². The molecule has 20 heavy (non-hydrogen) atoms. The molecule has 0 heterocycles. The van der Waals surface area contributed by atoms with Crippen LogP contribution in [0.15, 0.2) is 30.3 Å². The zero-order valence-electron chi connectivity index (χ0n) is 12.1. The van der Waals surface area contributed by atoms with Crippen LogP contribution in [0.3, 0.4) is 0 Å². The second kappa shape index (κ2) is 8.08. The minimum Gasteiger partial charge on any atom is -0.464 e. The summed E-state index contributed by atoms with van der Waals surface area (Å²) in [5.41, 5.74) is 0. The highest BCUT2D eigenvalue weighted by Gasteiger charge is 2.31. The molecule has 0 radical (unpaired) electrons. The molecule has 0 saturated carbocycles. The molecule has 0 spiro atoms. The highest BCUT2D eigenvalue weighted by molar-refractivity contribution is 7.54. The van der Waals surface area contributed by atoms with Gasteiger partial charge in [0.1, 0.15) is 5.75 Å². The van der Waals surface area contributed by atoms with E-state index in [4.69, 9.17) is 13.8 Å². The predicted molar refractivity (Wildman–Crippen MR) is 77.0 cm³/mol. The Morgan fingerprint density at radius 1 is 1.25 bits per heavy atom. The summed E-state index contributed by atoms with van der Waals surface area (Å²) in [4.78, 5) is 11.6. The molecule has 0 aliphatic heterocycles.